The lowest BCUT2D eigenvalue weighted by atomic mass is 9.96. The van der Waals surface area contributed by atoms with Crippen molar-refractivity contribution in [2.24, 2.45) is 0 Å². The van der Waals surface area contributed by atoms with Crippen LogP contribution in [0.3, 0.4) is 0 Å². The number of pyridine rings is 1. The van der Waals surface area contributed by atoms with E-state index in [1.807, 2.05) is 24.6 Å². The number of aromatic amines is 1. The number of hydrogen-bond acceptors (Lipinski definition) is 2. The van der Waals surface area contributed by atoms with Gasteiger partial charge in [-0.2, -0.15) is 0 Å². The Bertz CT molecular complexity index is 632. The Morgan fingerprint density at radius 3 is 2.72 bits per heavy atom. The van der Waals surface area contributed by atoms with E-state index in [4.69, 9.17) is 0 Å². The van der Waals surface area contributed by atoms with Gasteiger partial charge in [-0.3, -0.25) is 14.6 Å². The maximum absolute atomic E-state index is 12.1. The van der Waals surface area contributed by atoms with Crippen LogP contribution >= 0.6 is 0 Å². The SMILES string of the molecule is Cc1cc(C)c2c(=O)[nH]n(C3CCCCC3)c2n1. The van der Waals surface area contributed by atoms with Gasteiger partial charge in [0.05, 0.1) is 11.4 Å². The Balaban J connectivity index is 2.20. The molecule has 3 rings (SSSR count). The lowest BCUT2D eigenvalue weighted by Gasteiger charge is -2.23. The Hall–Kier alpha value is -1.58. The van der Waals surface area contributed by atoms with Gasteiger partial charge in [-0.15, -0.1) is 0 Å². The van der Waals surface area contributed by atoms with Gasteiger partial charge in [-0.05, 0) is 38.3 Å². The van der Waals surface area contributed by atoms with Gasteiger partial charge >= 0.3 is 0 Å². The minimum Gasteiger partial charge on any atom is -0.267 e. The second-order valence-corrected chi connectivity index (χ2v) is 5.38. The molecule has 0 atom stereocenters. The zero-order chi connectivity index (χ0) is 12.7. The predicted octanol–water partition coefficient (Wildman–Crippen LogP) is 2.85. The highest BCUT2D eigenvalue weighted by Gasteiger charge is 2.20. The largest absolute Gasteiger partial charge is 0.273 e. The monoisotopic (exact) mass is 245 g/mol. The number of rotatable bonds is 1. The second-order valence-electron chi connectivity index (χ2n) is 5.38. The van der Waals surface area contributed by atoms with Crippen molar-refractivity contribution >= 4 is 11.0 Å². The summed E-state index contributed by atoms with van der Waals surface area (Å²) in [6, 6.07) is 2.39. The van der Waals surface area contributed by atoms with Crippen LogP contribution < -0.4 is 5.56 Å². The van der Waals surface area contributed by atoms with Crippen LogP contribution in [0.2, 0.25) is 0 Å². The molecule has 96 valence electrons. The molecule has 1 aliphatic carbocycles. The van der Waals surface area contributed by atoms with Gasteiger partial charge in [0.25, 0.3) is 5.56 Å². The van der Waals surface area contributed by atoms with E-state index in [-0.39, 0.29) is 5.56 Å². The minimum atomic E-state index is 0.000531. The molecule has 2 aromatic heterocycles. The average molecular weight is 245 g/mol. The van der Waals surface area contributed by atoms with E-state index in [0.29, 0.717) is 6.04 Å². The van der Waals surface area contributed by atoms with Crippen LogP contribution in [0, 0.1) is 13.8 Å². The Labute approximate surface area is 106 Å². The maximum atomic E-state index is 12.1. The summed E-state index contributed by atoms with van der Waals surface area (Å²) in [6.07, 6.45) is 6.10. The molecular weight excluding hydrogens is 226 g/mol. The molecule has 2 aromatic rings. The molecule has 0 amide bonds. The summed E-state index contributed by atoms with van der Waals surface area (Å²) in [5, 5.41) is 3.74. The zero-order valence-corrected chi connectivity index (χ0v) is 11.0. The summed E-state index contributed by atoms with van der Waals surface area (Å²) in [4.78, 5) is 16.6. The lowest BCUT2D eigenvalue weighted by Crippen LogP contribution is -2.16. The molecule has 0 unspecified atom stereocenters. The van der Waals surface area contributed by atoms with Gasteiger partial charge in [0.2, 0.25) is 0 Å². The van der Waals surface area contributed by atoms with Crippen LogP contribution in [0.4, 0.5) is 0 Å². The smallest absolute Gasteiger partial charge is 0.267 e. The van der Waals surface area contributed by atoms with Crippen molar-refractivity contribution in [1.82, 2.24) is 14.8 Å². The highest BCUT2D eigenvalue weighted by atomic mass is 16.1. The predicted molar refractivity (Wildman–Crippen MR) is 71.9 cm³/mol. The third-order valence-corrected chi connectivity index (χ3v) is 3.94. The molecule has 1 aliphatic rings. The lowest BCUT2D eigenvalue weighted by molar-refractivity contribution is 0.334. The number of fused-ring (bicyclic) bond motifs is 1. The third kappa shape index (κ3) is 1.76. The van der Waals surface area contributed by atoms with Crippen LogP contribution in [-0.4, -0.2) is 14.8 Å². The third-order valence-electron chi connectivity index (χ3n) is 3.94. The van der Waals surface area contributed by atoms with Crippen LogP contribution in [-0.2, 0) is 0 Å². The first-order valence-corrected chi connectivity index (χ1v) is 6.75. The van der Waals surface area contributed by atoms with Crippen LogP contribution in [0.1, 0.15) is 49.4 Å². The van der Waals surface area contributed by atoms with Crippen molar-refractivity contribution in [3.8, 4) is 0 Å². The summed E-state index contributed by atoms with van der Waals surface area (Å²) >= 11 is 0. The van der Waals surface area contributed by atoms with Crippen LogP contribution in [0.25, 0.3) is 11.0 Å². The molecule has 1 fully saturated rings. The molecule has 4 nitrogen and oxygen atoms in total. The Morgan fingerprint density at radius 1 is 1.28 bits per heavy atom. The average Bonchev–Trinajstić information content (AvgIpc) is 2.67. The summed E-state index contributed by atoms with van der Waals surface area (Å²) < 4.78 is 2.01. The molecule has 0 aliphatic heterocycles. The van der Waals surface area contributed by atoms with Crippen molar-refractivity contribution in [3.05, 3.63) is 27.7 Å². The molecule has 4 heteroatoms. The standard InChI is InChI=1S/C14H19N3O/c1-9-8-10(2)15-13-12(9)14(18)16-17(13)11-6-4-3-5-7-11/h8,11H,3-7H2,1-2H3,(H,16,18). The molecule has 1 N–H and O–H groups in total. The molecule has 0 saturated heterocycles. The highest BCUT2D eigenvalue weighted by Crippen LogP contribution is 2.29. The number of H-pyrrole nitrogens is 1. The first-order chi connectivity index (χ1) is 8.66. The van der Waals surface area contributed by atoms with Crippen molar-refractivity contribution in [2.75, 3.05) is 0 Å². The summed E-state index contributed by atoms with van der Waals surface area (Å²) in [7, 11) is 0. The normalized spacial score (nSPS) is 17.4. The van der Waals surface area contributed by atoms with E-state index in [1.165, 1.54) is 19.3 Å². The molecular formula is C14H19N3O. The fourth-order valence-electron chi connectivity index (χ4n) is 3.09. The topological polar surface area (TPSA) is 50.7 Å². The van der Waals surface area contributed by atoms with Gasteiger partial charge < -0.3 is 0 Å². The van der Waals surface area contributed by atoms with E-state index in [2.05, 4.69) is 10.1 Å². The fraction of sp³-hybridized carbons (Fsp3) is 0.571. The molecule has 0 spiro atoms. The van der Waals surface area contributed by atoms with Crippen molar-refractivity contribution in [1.29, 1.82) is 0 Å². The molecule has 0 aromatic carbocycles. The number of nitrogens with one attached hydrogen (secondary N) is 1. The molecule has 0 radical (unpaired) electrons. The Kier molecular flexibility index (Phi) is 2.73. The molecule has 1 saturated carbocycles. The van der Waals surface area contributed by atoms with E-state index in [0.717, 1.165) is 35.1 Å². The van der Waals surface area contributed by atoms with Gasteiger partial charge in [-0.25, -0.2) is 4.98 Å². The molecule has 2 heterocycles. The van der Waals surface area contributed by atoms with Gasteiger partial charge in [0.15, 0.2) is 5.65 Å². The quantitative estimate of drug-likeness (QED) is 0.840. The van der Waals surface area contributed by atoms with E-state index in [9.17, 15) is 4.79 Å². The van der Waals surface area contributed by atoms with Crippen molar-refractivity contribution in [3.63, 3.8) is 0 Å². The van der Waals surface area contributed by atoms with Crippen molar-refractivity contribution in [2.45, 2.75) is 52.0 Å². The zero-order valence-electron chi connectivity index (χ0n) is 11.0. The van der Waals surface area contributed by atoms with E-state index < -0.39 is 0 Å². The summed E-state index contributed by atoms with van der Waals surface area (Å²) in [5.41, 5.74) is 2.84. The van der Waals surface area contributed by atoms with Gasteiger partial charge in [-0.1, -0.05) is 19.3 Å². The first-order valence-electron chi connectivity index (χ1n) is 6.75. The van der Waals surface area contributed by atoms with Crippen LogP contribution in [0.15, 0.2) is 10.9 Å². The van der Waals surface area contributed by atoms with E-state index in [1.54, 1.807) is 0 Å². The molecule has 0 bridgehead atoms. The van der Waals surface area contributed by atoms with Gasteiger partial charge in [0, 0.05) is 5.69 Å². The first kappa shape index (κ1) is 11.5. The summed E-state index contributed by atoms with van der Waals surface area (Å²) in [5.74, 6) is 0. The second kappa shape index (κ2) is 4.26. The fourth-order valence-corrected chi connectivity index (χ4v) is 3.09. The number of aryl methyl sites for hydroxylation is 2. The molecule has 18 heavy (non-hydrogen) atoms. The van der Waals surface area contributed by atoms with E-state index >= 15 is 0 Å². The minimum absolute atomic E-state index is 0.000531. The number of hydrogen-bond donors (Lipinski definition) is 1. The maximum Gasteiger partial charge on any atom is 0.273 e. The number of aromatic nitrogens is 3. The highest BCUT2D eigenvalue weighted by molar-refractivity contribution is 5.78. The number of nitrogens with zero attached hydrogens (tertiary/aromatic N) is 2. The summed E-state index contributed by atoms with van der Waals surface area (Å²) in [6.45, 7) is 3.96. The van der Waals surface area contributed by atoms with Crippen LogP contribution in [0.5, 0.6) is 0 Å². The van der Waals surface area contributed by atoms with Gasteiger partial charge in [0.1, 0.15) is 0 Å². The Morgan fingerprint density at radius 2 is 2.00 bits per heavy atom. The van der Waals surface area contributed by atoms with Crippen molar-refractivity contribution < 1.29 is 0 Å².